The van der Waals surface area contributed by atoms with Crippen LogP contribution in [0.5, 0.6) is 0 Å². The zero-order valence-electron chi connectivity index (χ0n) is 13.7. The van der Waals surface area contributed by atoms with Crippen molar-refractivity contribution < 1.29 is 0 Å². The minimum absolute atomic E-state index is 0.823. The Morgan fingerprint density at radius 3 is 2.62 bits per heavy atom. The number of rotatable bonds is 6. The van der Waals surface area contributed by atoms with Gasteiger partial charge in [0.05, 0.1) is 0 Å². The molecule has 1 aromatic carbocycles. The highest BCUT2D eigenvalue weighted by atomic mass is 79.9. The predicted octanol–water partition coefficient (Wildman–Crippen LogP) is 5.29. The molecule has 1 nitrogen and oxygen atoms in total. The highest BCUT2D eigenvalue weighted by molar-refractivity contribution is 9.10. The van der Waals surface area contributed by atoms with Crippen molar-refractivity contribution in [2.24, 2.45) is 23.7 Å². The van der Waals surface area contributed by atoms with Crippen molar-refractivity contribution in [3.63, 3.8) is 0 Å². The lowest BCUT2D eigenvalue weighted by molar-refractivity contribution is 0.145. The van der Waals surface area contributed by atoms with Gasteiger partial charge >= 0.3 is 0 Å². The van der Waals surface area contributed by atoms with Crippen molar-refractivity contribution in [3.05, 3.63) is 34.3 Å². The van der Waals surface area contributed by atoms with Crippen LogP contribution in [0.25, 0.3) is 0 Å². The first-order valence-corrected chi connectivity index (χ1v) is 9.35. The van der Waals surface area contributed by atoms with Crippen molar-refractivity contribution in [1.82, 2.24) is 5.32 Å². The highest BCUT2D eigenvalue weighted by Gasteiger charge is 2.31. The molecular formula is C19H30BrN. The third kappa shape index (κ3) is 4.82. The van der Waals surface area contributed by atoms with Gasteiger partial charge in [0.1, 0.15) is 0 Å². The van der Waals surface area contributed by atoms with Crippen LogP contribution in [0.4, 0.5) is 0 Å². The van der Waals surface area contributed by atoms with E-state index in [1.165, 1.54) is 42.3 Å². The first-order chi connectivity index (χ1) is 10.1. The molecule has 1 aliphatic carbocycles. The number of benzene rings is 1. The average Bonchev–Trinajstić information content (AvgIpc) is 2.48. The Bertz CT molecular complexity index is 429. The maximum atomic E-state index is 3.72. The van der Waals surface area contributed by atoms with E-state index in [9.17, 15) is 0 Å². The third-order valence-corrected chi connectivity index (χ3v) is 5.99. The zero-order valence-corrected chi connectivity index (χ0v) is 15.3. The fourth-order valence-corrected chi connectivity index (χ4v) is 4.21. The molecule has 0 saturated heterocycles. The summed E-state index contributed by atoms with van der Waals surface area (Å²) in [5.74, 6) is 3.40. The predicted molar refractivity (Wildman–Crippen MR) is 95.5 cm³/mol. The summed E-state index contributed by atoms with van der Waals surface area (Å²) in [6.07, 6.45) is 5.43. The normalized spacial score (nSPS) is 26.2. The second kappa shape index (κ2) is 8.33. The molecule has 0 radical (unpaired) electrons. The van der Waals surface area contributed by atoms with Gasteiger partial charge in [-0.1, -0.05) is 54.9 Å². The quantitative estimate of drug-likeness (QED) is 0.734. The second-order valence-electron chi connectivity index (χ2n) is 6.94. The number of hydrogen-bond acceptors (Lipinski definition) is 1. The molecule has 3 unspecified atom stereocenters. The van der Waals surface area contributed by atoms with Gasteiger partial charge in [-0.2, -0.15) is 0 Å². The van der Waals surface area contributed by atoms with Crippen molar-refractivity contribution >= 4 is 15.9 Å². The molecule has 1 aromatic rings. The van der Waals surface area contributed by atoms with Gasteiger partial charge in [0.25, 0.3) is 0 Å². The Hall–Kier alpha value is -0.340. The number of nitrogens with one attached hydrogen (secondary N) is 1. The molecule has 1 saturated carbocycles. The molecule has 2 heteroatoms. The Labute approximate surface area is 139 Å². The van der Waals surface area contributed by atoms with Crippen LogP contribution in [0.2, 0.25) is 0 Å². The van der Waals surface area contributed by atoms with Gasteiger partial charge in [0, 0.05) is 4.47 Å². The lowest BCUT2D eigenvalue weighted by atomic mass is 9.68. The van der Waals surface area contributed by atoms with E-state index < -0.39 is 0 Å². The van der Waals surface area contributed by atoms with Crippen molar-refractivity contribution in [3.8, 4) is 0 Å². The smallest absolute Gasteiger partial charge is 0.0207 e. The summed E-state index contributed by atoms with van der Waals surface area (Å²) in [5.41, 5.74) is 1.48. The summed E-state index contributed by atoms with van der Waals surface area (Å²) in [4.78, 5) is 0. The average molecular weight is 352 g/mol. The topological polar surface area (TPSA) is 12.0 Å². The fraction of sp³-hybridized carbons (Fsp3) is 0.684. The Kier molecular flexibility index (Phi) is 6.75. The van der Waals surface area contributed by atoms with Gasteiger partial charge in [-0.05, 0) is 74.1 Å². The van der Waals surface area contributed by atoms with Gasteiger partial charge in [0.15, 0.2) is 0 Å². The first kappa shape index (κ1) is 17.0. The van der Waals surface area contributed by atoms with Crippen LogP contribution in [0.3, 0.4) is 0 Å². The third-order valence-electron chi connectivity index (χ3n) is 5.22. The van der Waals surface area contributed by atoms with Crippen LogP contribution in [0.1, 0.15) is 45.6 Å². The summed E-state index contributed by atoms with van der Waals surface area (Å²) in [5, 5.41) is 3.58. The van der Waals surface area contributed by atoms with E-state index in [0.717, 1.165) is 30.2 Å². The van der Waals surface area contributed by atoms with Crippen LogP contribution in [-0.4, -0.2) is 13.1 Å². The molecule has 0 spiro atoms. The Balaban J connectivity index is 2.07. The van der Waals surface area contributed by atoms with Crippen LogP contribution in [0, 0.1) is 23.7 Å². The molecule has 1 fully saturated rings. The molecule has 0 heterocycles. The lowest BCUT2D eigenvalue weighted by Crippen LogP contribution is -2.35. The molecule has 21 heavy (non-hydrogen) atoms. The SMILES string of the molecule is CCNCC1CCC(C(C)C)CC1Cc1ccccc1Br. The molecule has 1 aliphatic rings. The van der Waals surface area contributed by atoms with Crippen molar-refractivity contribution in [1.29, 1.82) is 0 Å². The summed E-state index contributed by atoms with van der Waals surface area (Å²) in [7, 11) is 0. The summed E-state index contributed by atoms with van der Waals surface area (Å²) in [6, 6.07) is 8.74. The first-order valence-electron chi connectivity index (χ1n) is 8.55. The fourth-order valence-electron chi connectivity index (χ4n) is 3.76. The molecule has 0 aromatic heterocycles. The lowest BCUT2D eigenvalue weighted by Gasteiger charge is -2.38. The second-order valence-corrected chi connectivity index (χ2v) is 7.79. The van der Waals surface area contributed by atoms with E-state index in [1.54, 1.807) is 0 Å². The molecule has 1 N–H and O–H groups in total. The van der Waals surface area contributed by atoms with E-state index in [4.69, 9.17) is 0 Å². The standard InChI is InChI=1S/C19H30BrN/c1-4-21-13-17-10-9-15(14(2)3)11-18(17)12-16-7-5-6-8-19(16)20/h5-8,14-15,17-18,21H,4,9-13H2,1-3H3. The largest absolute Gasteiger partial charge is 0.317 e. The van der Waals surface area contributed by atoms with E-state index in [2.05, 4.69) is 66.3 Å². The van der Waals surface area contributed by atoms with E-state index in [-0.39, 0.29) is 0 Å². The molecule has 0 amide bonds. The Morgan fingerprint density at radius 2 is 1.95 bits per heavy atom. The minimum atomic E-state index is 0.823. The molecule has 118 valence electrons. The van der Waals surface area contributed by atoms with Crippen LogP contribution >= 0.6 is 15.9 Å². The van der Waals surface area contributed by atoms with E-state index in [1.807, 2.05) is 0 Å². The number of hydrogen-bond donors (Lipinski definition) is 1. The van der Waals surface area contributed by atoms with Gasteiger partial charge < -0.3 is 5.32 Å². The van der Waals surface area contributed by atoms with Crippen molar-refractivity contribution in [2.75, 3.05) is 13.1 Å². The van der Waals surface area contributed by atoms with E-state index >= 15 is 0 Å². The van der Waals surface area contributed by atoms with Gasteiger partial charge in [0.2, 0.25) is 0 Å². The van der Waals surface area contributed by atoms with E-state index in [0.29, 0.717) is 0 Å². The zero-order chi connectivity index (χ0) is 15.2. The van der Waals surface area contributed by atoms with Crippen LogP contribution in [-0.2, 0) is 6.42 Å². The van der Waals surface area contributed by atoms with Crippen LogP contribution in [0.15, 0.2) is 28.7 Å². The summed E-state index contributed by atoms with van der Waals surface area (Å²) < 4.78 is 1.28. The maximum Gasteiger partial charge on any atom is 0.0207 e. The summed E-state index contributed by atoms with van der Waals surface area (Å²) in [6.45, 7) is 9.28. The molecule has 2 rings (SSSR count). The monoisotopic (exact) mass is 351 g/mol. The minimum Gasteiger partial charge on any atom is -0.317 e. The van der Waals surface area contributed by atoms with Crippen molar-refractivity contribution in [2.45, 2.75) is 46.5 Å². The molecule has 3 atom stereocenters. The number of halogens is 1. The molecule has 0 bridgehead atoms. The van der Waals surface area contributed by atoms with Crippen LogP contribution < -0.4 is 5.32 Å². The molecular weight excluding hydrogens is 322 g/mol. The van der Waals surface area contributed by atoms with Gasteiger partial charge in [-0.25, -0.2) is 0 Å². The van der Waals surface area contributed by atoms with Gasteiger partial charge in [-0.15, -0.1) is 0 Å². The molecule has 0 aliphatic heterocycles. The van der Waals surface area contributed by atoms with Gasteiger partial charge in [-0.3, -0.25) is 0 Å². The summed E-state index contributed by atoms with van der Waals surface area (Å²) >= 11 is 3.72. The Morgan fingerprint density at radius 1 is 1.19 bits per heavy atom. The maximum absolute atomic E-state index is 3.72. The highest BCUT2D eigenvalue weighted by Crippen LogP contribution is 2.39.